The molecule has 4 heteroatoms. The van der Waals surface area contributed by atoms with Gasteiger partial charge in [0.25, 0.3) is 0 Å². The summed E-state index contributed by atoms with van der Waals surface area (Å²) in [6, 6.07) is 7.88. The van der Waals surface area contributed by atoms with Crippen molar-refractivity contribution < 1.29 is 14.0 Å². The summed E-state index contributed by atoms with van der Waals surface area (Å²) in [4.78, 5) is 0. The summed E-state index contributed by atoms with van der Waals surface area (Å²) < 4.78 is 16.8. The Morgan fingerprint density at radius 2 is 1.42 bits per heavy atom. The molecule has 0 aliphatic carbocycles. The highest BCUT2D eigenvalue weighted by molar-refractivity contribution is 6.61. The topological polar surface area (TPSA) is 27.7 Å². The molecule has 0 heterocycles. The molecule has 0 amide bonds. The molecule has 0 bridgehead atoms. The molecular weight excluding hydrogens is 239 g/mol. The van der Waals surface area contributed by atoms with Gasteiger partial charge in [-0.1, -0.05) is 38.8 Å². The van der Waals surface area contributed by atoms with E-state index in [1.165, 1.54) is 0 Å². The summed E-state index contributed by atoms with van der Waals surface area (Å²) >= 11 is 0. The molecule has 0 radical (unpaired) electrons. The third-order valence-corrected chi connectivity index (χ3v) is 2.92. The largest absolute Gasteiger partial charge is 0.497 e. The highest BCUT2D eigenvalue weighted by Crippen LogP contribution is 2.07. The number of hydrogen-bond donors (Lipinski definition) is 0. The van der Waals surface area contributed by atoms with Crippen LogP contribution in [0.15, 0.2) is 24.3 Å². The van der Waals surface area contributed by atoms with Gasteiger partial charge in [-0.2, -0.15) is 0 Å². The number of rotatable bonds is 10. The second-order valence-electron chi connectivity index (χ2n) is 4.55. The maximum absolute atomic E-state index is 5.83. The van der Waals surface area contributed by atoms with E-state index in [2.05, 4.69) is 13.8 Å². The first-order valence-corrected chi connectivity index (χ1v) is 7.19. The van der Waals surface area contributed by atoms with Crippen LogP contribution < -0.4 is 10.2 Å². The molecule has 0 fully saturated rings. The van der Waals surface area contributed by atoms with Gasteiger partial charge in [-0.25, -0.2) is 0 Å². The van der Waals surface area contributed by atoms with Crippen molar-refractivity contribution in [3.05, 3.63) is 24.3 Å². The highest BCUT2D eigenvalue weighted by Gasteiger charge is 2.20. The number of hydrogen-bond acceptors (Lipinski definition) is 3. The Balaban J connectivity index is 2.58. The van der Waals surface area contributed by atoms with Gasteiger partial charge in [0.1, 0.15) is 5.75 Å². The van der Waals surface area contributed by atoms with Crippen LogP contribution in [0, 0.1) is 0 Å². The predicted molar refractivity (Wildman–Crippen MR) is 80.1 cm³/mol. The second kappa shape index (κ2) is 9.87. The van der Waals surface area contributed by atoms with Gasteiger partial charge >= 0.3 is 7.12 Å². The van der Waals surface area contributed by atoms with Gasteiger partial charge in [0, 0.05) is 13.2 Å². The van der Waals surface area contributed by atoms with Crippen LogP contribution in [-0.2, 0) is 9.31 Å². The Hall–Kier alpha value is -0.995. The predicted octanol–water partition coefficient (Wildman–Crippen LogP) is 3.02. The normalized spacial score (nSPS) is 10.5. The SMILES string of the molecule is CCCCOB(OCCCC)c1ccc(OC)cc1. The van der Waals surface area contributed by atoms with Crippen LogP contribution in [0.25, 0.3) is 0 Å². The van der Waals surface area contributed by atoms with E-state index < -0.39 is 0 Å². The second-order valence-corrected chi connectivity index (χ2v) is 4.55. The zero-order valence-corrected chi connectivity index (χ0v) is 12.4. The zero-order valence-electron chi connectivity index (χ0n) is 12.4. The Bertz CT molecular complexity index is 317. The lowest BCUT2D eigenvalue weighted by molar-refractivity contribution is 0.202. The van der Waals surface area contributed by atoms with E-state index in [0.717, 1.165) is 50.1 Å². The van der Waals surface area contributed by atoms with Gasteiger partial charge in [-0.3, -0.25) is 0 Å². The van der Waals surface area contributed by atoms with Crippen molar-refractivity contribution in [2.45, 2.75) is 39.5 Å². The highest BCUT2D eigenvalue weighted by atomic mass is 16.6. The van der Waals surface area contributed by atoms with Crippen molar-refractivity contribution in [3.63, 3.8) is 0 Å². The molecule has 0 aromatic heterocycles. The molecular formula is C15H25BO3. The molecule has 0 unspecified atom stereocenters. The van der Waals surface area contributed by atoms with E-state index in [-0.39, 0.29) is 7.12 Å². The van der Waals surface area contributed by atoms with E-state index >= 15 is 0 Å². The standard InChI is InChI=1S/C15H25BO3/c1-4-6-12-18-16(19-13-7-5-2)14-8-10-15(17-3)11-9-14/h8-11H,4-7,12-13H2,1-3H3. The molecule has 1 rings (SSSR count). The summed E-state index contributed by atoms with van der Waals surface area (Å²) in [7, 11) is 1.41. The Morgan fingerprint density at radius 3 is 1.84 bits per heavy atom. The lowest BCUT2D eigenvalue weighted by Crippen LogP contribution is -2.37. The molecule has 3 nitrogen and oxygen atoms in total. The van der Waals surface area contributed by atoms with Crippen molar-refractivity contribution in [3.8, 4) is 5.75 Å². The van der Waals surface area contributed by atoms with Crippen molar-refractivity contribution in [1.82, 2.24) is 0 Å². The van der Waals surface area contributed by atoms with Crippen LogP contribution in [0.1, 0.15) is 39.5 Å². The van der Waals surface area contributed by atoms with Gasteiger partial charge in [-0.05, 0) is 30.4 Å². The van der Waals surface area contributed by atoms with Crippen LogP contribution in [-0.4, -0.2) is 27.4 Å². The Kier molecular flexibility index (Phi) is 8.35. The molecule has 0 saturated carbocycles. The lowest BCUT2D eigenvalue weighted by Gasteiger charge is -2.15. The van der Waals surface area contributed by atoms with Crippen molar-refractivity contribution in [1.29, 1.82) is 0 Å². The minimum absolute atomic E-state index is 0.260. The van der Waals surface area contributed by atoms with Crippen LogP contribution in [0.3, 0.4) is 0 Å². The Morgan fingerprint density at radius 1 is 0.895 bits per heavy atom. The maximum atomic E-state index is 5.83. The lowest BCUT2D eigenvalue weighted by atomic mass is 9.78. The van der Waals surface area contributed by atoms with E-state index in [1.54, 1.807) is 7.11 Å². The zero-order chi connectivity index (χ0) is 13.9. The average molecular weight is 264 g/mol. The first kappa shape index (κ1) is 16.1. The number of ether oxygens (including phenoxy) is 1. The van der Waals surface area contributed by atoms with E-state index in [1.807, 2.05) is 24.3 Å². The molecule has 0 saturated heterocycles. The quantitative estimate of drug-likeness (QED) is 0.480. The molecule has 0 atom stereocenters. The molecule has 0 aliphatic heterocycles. The molecule has 1 aromatic rings. The number of unbranched alkanes of at least 4 members (excludes halogenated alkanes) is 2. The van der Waals surface area contributed by atoms with E-state index in [4.69, 9.17) is 14.0 Å². The minimum Gasteiger partial charge on any atom is -0.497 e. The summed E-state index contributed by atoms with van der Waals surface area (Å²) in [6.07, 6.45) is 4.38. The molecule has 19 heavy (non-hydrogen) atoms. The first-order valence-electron chi connectivity index (χ1n) is 7.19. The molecule has 0 aliphatic rings. The summed E-state index contributed by atoms with van der Waals surface area (Å²) in [5.74, 6) is 0.851. The third-order valence-electron chi connectivity index (χ3n) is 2.92. The number of benzene rings is 1. The van der Waals surface area contributed by atoms with E-state index in [0.29, 0.717) is 0 Å². The number of methoxy groups -OCH3 is 1. The monoisotopic (exact) mass is 264 g/mol. The minimum atomic E-state index is -0.260. The Labute approximate surface area is 117 Å². The summed E-state index contributed by atoms with van der Waals surface area (Å²) in [6.45, 7) is 5.78. The average Bonchev–Trinajstić information content (AvgIpc) is 2.46. The fourth-order valence-corrected chi connectivity index (χ4v) is 1.67. The molecule has 0 N–H and O–H groups in total. The van der Waals surface area contributed by atoms with Gasteiger partial charge in [-0.15, -0.1) is 0 Å². The smallest absolute Gasteiger partial charge is 0.493 e. The van der Waals surface area contributed by atoms with Crippen LogP contribution in [0.2, 0.25) is 0 Å². The van der Waals surface area contributed by atoms with Crippen molar-refractivity contribution >= 4 is 12.6 Å². The molecule has 106 valence electrons. The van der Waals surface area contributed by atoms with Crippen molar-refractivity contribution in [2.75, 3.05) is 20.3 Å². The van der Waals surface area contributed by atoms with Gasteiger partial charge in [0.2, 0.25) is 0 Å². The van der Waals surface area contributed by atoms with Crippen LogP contribution >= 0.6 is 0 Å². The summed E-state index contributed by atoms with van der Waals surface area (Å²) in [5, 5.41) is 0. The molecule has 0 spiro atoms. The first-order chi connectivity index (χ1) is 9.31. The van der Waals surface area contributed by atoms with Gasteiger partial charge < -0.3 is 14.0 Å². The summed E-state index contributed by atoms with van der Waals surface area (Å²) in [5.41, 5.74) is 1.05. The third kappa shape index (κ3) is 6.12. The maximum Gasteiger partial charge on any atom is 0.493 e. The van der Waals surface area contributed by atoms with Gasteiger partial charge in [0.05, 0.1) is 7.11 Å². The fourth-order valence-electron chi connectivity index (χ4n) is 1.67. The van der Waals surface area contributed by atoms with Crippen LogP contribution in [0.4, 0.5) is 0 Å². The molecule has 1 aromatic carbocycles. The van der Waals surface area contributed by atoms with Crippen LogP contribution in [0.5, 0.6) is 5.75 Å². The van der Waals surface area contributed by atoms with E-state index in [9.17, 15) is 0 Å². The van der Waals surface area contributed by atoms with Gasteiger partial charge in [0.15, 0.2) is 0 Å². The fraction of sp³-hybridized carbons (Fsp3) is 0.600. The van der Waals surface area contributed by atoms with Crippen molar-refractivity contribution in [2.24, 2.45) is 0 Å².